The summed E-state index contributed by atoms with van der Waals surface area (Å²) >= 11 is 5.95. The molecule has 0 amide bonds. The topological polar surface area (TPSA) is 29.3 Å². The highest BCUT2D eigenvalue weighted by atomic mass is 35.5. The molecule has 2 rings (SSSR count). The zero-order chi connectivity index (χ0) is 10.1. The van der Waals surface area contributed by atoms with Gasteiger partial charge in [0, 0.05) is 30.7 Å². The lowest BCUT2D eigenvalue weighted by molar-refractivity contribution is 0.142. The molecule has 2 nitrogen and oxygen atoms in total. The quantitative estimate of drug-likeness (QED) is 0.807. The third-order valence-corrected chi connectivity index (χ3v) is 3.04. The van der Waals surface area contributed by atoms with Crippen LogP contribution in [0.1, 0.15) is 11.1 Å². The molecule has 0 radical (unpaired) electrons. The van der Waals surface area contributed by atoms with E-state index in [1.165, 1.54) is 5.56 Å². The van der Waals surface area contributed by atoms with Crippen LogP contribution in [0.4, 0.5) is 0 Å². The minimum atomic E-state index is 0.378. The van der Waals surface area contributed by atoms with Crippen molar-refractivity contribution in [2.45, 2.75) is 19.5 Å². The van der Waals surface area contributed by atoms with E-state index in [9.17, 15) is 0 Å². The van der Waals surface area contributed by atoms with Gasteiger partial charge in [0.1, 0.15) is 0 Å². The first kappa shape index (κ1) is 9.97. The smallest absolute Gasteiger partial charge is 0.0435 e. The van der Waals surface area contributed by atoms with E-state index in [2.05, 4.69) is 17.0 Å². The second kappa shape index (κ2) is 3.89. The van der Waals surface area contributed by atoms with Gasteiger partial charge in [-0.3, -0.25) is 4.90 Å². The molecular weight excluding hydrogens is 196 g/mol. The van der Waals surface area contributed by atoms with Gasteiger partial charge in [-0.1, -0.05) is 23.7 Å². The highest BCUT2D eigenvalue weighted by Gasteiger charge is 2.22. The van der Waals surface area contributed by atoms with Crippen molar-refractivity contribution >= 4 is 11.6 Å². The maximum absolute atomic E-state index is 5.95. The van der Waals surface area contributed by atoms with Crippen LogP contribution in [0.2, 0.25) is 5.02 Å². The van der Waals surface area contributed by atoms with Crippen LogP contribution >= 0.6 is 11.6 Å². The molecular formula is C11H15ClN2. The van der Waals surface area contributed by atoms with E-state index in [-0.39, 0.29) is 0 Å². The van der Waals surface area contributed by atoms with Gasteiger partial charge in [0.2, 0.25) is 0 Å². The fourth-order valence-corrected chi connectivity index (χ4v) is 1.92. The number of rotatable bonds is 2. The van der Waals surface area contributed by atoms with Gasteiger partial charge in [0.05, 0.1) is 0 Å². The monoisotopic (exact) mass is 210 g/mol. The zero-order valence-corrected chi connectivity index (χ0v) is 9.09. The van der Waals surface area contributed by atoms with Crippen LogP contribution in [0.15, 0.2) is 18.2 Å². The van der Waals surface area contributed by atoms with E-state index in [1.807, 2.05) is 13.0 Å². The van der Waals surface area contributed by atoms with Gasteiger partial charge in [-0.25, -0.2) is 0 Å². The molecule has 1 fully saturated rings. The van der Waals surface area contributed by atoms with Crippen LogP contribution < -0.4 is 5.73 Å². The maximum atomic E-state index is 5.95. The third kappa shape index (κ3) is 2.08. The number of halogens is 1. The summed E-state index contributed by atoms with van der Waals surface area (Å²) in [7, 11) is 0. The Labute approximate surface area is 89.7 Å². The Morgan fingerprint density at radius 3 is 2.79 bits per heavy atom. The largest absolute Gasteiger partial charge is 0.325 e. The molecule has 0 spiro atoms. The average Bonchev–Trinajstić information content (AvgIpc) is 2.09. The standard InChI is InChI=1S/C11H15ClN2/c1-8-4-9(2-3-11(8)12)5-14-6-10(13)7-14/h2-4,10H,5-7,13H2,1H3. The van der Waals surface area contributed by atoms with Gasteiger partial charge in [-0.2, -0.15) is 0 Å². The second-order valence-electron chi connectivity index (χ2n) is 4.04. The summed E-state index contributed by atoms with van der Waals surface area (Å²) in [6.07, 6.45) is 0. The van der Waals surface area contributed by atoms with Gasteiger partial charge >= 0.3 is 0 Å². The van der Waals surface area contributed by atoms with Crippen molar-refractivity contribution < 1.29 is 0 Å². The first-order chi connectivity index (χ1) is 6.65. The van der Waals surface area contributed by atoms with Crippen LogP contribution in [-0.2, 0) is 6.54 Å². The fourth-order valence-electron chi connectivity index (χ4n) is 1.80. The molecule has 0 aliphatic carbocycles. The summed E-state index contributed by atoms with van der Waals surface area (Å²) in [6, 6.07) is 6.57. The minimum Gasteiger partial charge on any atom is -0.325 e. The molecule has 76 valence electrons. The van der Waals surface area contributed by atoms with Crippen LogP contribution in [0, 0.1) is 6.92 Å². The van der Waals surface area contributed by atoms with Crippen molar-refractivity contribution in [3.05, 3.63) is 34.3 Å². The van der Waals surface area contributed by atoms with E-state index in [0.29, 0.717) is 6.04 Å². The number of nitrogens with two attached hydrogens (primary N) is 1. The molecule has 1 aromatic carbocycles. The number of likely N-dealkylation sites (tertiary alicyclic amines) is 1. The highest BCUT2D eigenvalue weighted by molar-refractivity contribution is 6.31. The Morgan fingerprint density at radius 1 is 1.50 bits per heavy atom. The first-order valence-electron chi connectivity index (χ1n) is 4.88. The Balaban J connectivity index is 2.00. The van der Waals surface area contributed by atoms with Crippen molar-refractivity contribution in [3.63, 3.8) is 0 Å². The molecule has 0 saturated carbocycles. The van der Waals surface area contributed by atoms with Crippen LogP contribution in [0.3, 0.4) is 0 Å². The summed E-state index contributed by atoms with van der Waals surface area (Å²) in [5.74, 6) is 0. The molecule has 0 aromatic heterocycles. The molecule has 1 aliphatic heterocycles. The van der Waals surface area contributed by atoms with E-state index in [4.69, 9.17) is 17.3 Å². The summed E-state index contributed by atoms with van der Waals surface area (Å²) in [5, 5.41) is 0.842. The molecule has 1 heterocycles. The number of nitrogens with zero attached hydrogens (tertiary/aromatic N) is 1. The van der Waals surface area contributed by atoms with E-state index in [1.54, 1.807) is 0 Å². The first-order valence-corrected chi connectivity index (χ1v) is 5.26. The Hall–Kier alpha value is -0.570. The van der Waals surface area contributed by atoms with E-state index >= 15 is 0 Å². The third-order valence-electron chi connectivity index (χ3n) is 2.61. The van der Waals surface area contributed by atoms with Crippen LogP contribution in [0.5, 0.6) is 0 Å². The Bertz CT molecular complexity index is 332. The minimum absolute atomic E-state index is 0.378. The van der Waals surface area contributed by atoms with Crippen molar-refractivity contribution in [1.29, 1.82) is 0 Å². The number of benzene rings is 1. The molecule has 0 bridgehead atoms. The number of aryl methyl sites for hydroxylation is 1. The van der Waals surface area contributed by atoms with E-state index in [0.717, 1.165) is 30.2 Å². The summed E-state index contributed by atoms with van der Waals surface area (Å²) < 4.78 is 0. The highest BCUT2D eigenvalue weighted by Crippen LogP contribution is 2.18. The molecule has 0 unspecified atom stereocenters. The SMILES string of the molecule is Cc1cc(CN2CC(N)C2)ccc1Cl. The summed E-state index contributed by atoms with van der Waals surface area (Å²) in [5.41, 5.74) is 8.18. The van der Waals surface area contributed by atoms with Crippen molar-refractivity contribution in [2.75, 3.05) is 13.1 Å². The van der Waals surface area contributed by atoms with Gasteiger partial charge in [-0.15, -0.1) is 0 Å². The van der Waals surface area contributed by atoms with E-state index < -0.39 is 0 Å². The van der Waals surface area contributed by atoms with Gasteiger partial charge in [0.25, 0.3) is 0 Å². The average molecular weight is 211 g/mol. The number of hydrogen-bond donors (Lipinski definition) is 1. The van der Waals surface area contributed by atoms with Crippen LogP contribution in [-0.4, -0.2) is 24.0 Å². The normalized spacial score (nSPS) is 18.2. The molecule has 1 aliphatic rings. The second-order valence-corrected chi connectivity index (χ2v) is 4.44. The summed E-state index contributed by atoms with van der Waals surface area (Å²) in [6.45, 7) is 5.06. The maximum Gasteiger partial charge on any atom is 0.0435 e. The van der Waals surface area contributed by atoms with Crippen molar-refractivity contribution in [3.8, 4) is 0 Å². The lowest BCUT2D eigenvalue weighted by Gasteiger charge is -2.36. The van der Waals surface area contributed by atoms with Crippen molar-refractivity contribution in [1.82, 2.24) is 4.90 Å². The van der Waals surface area contributed by atoms with Gasteiger partial charge < -0.3 is 5.73 Å². The molecule has 1 aromatic rings. The lowest BCUT2D eigenvalue weighted by Crippen LogP contribution is -2.54. The molecule has 3 heteroatoms. The predicted octanol–water partition coefficient (Wildman–Crippen LogP) is 1.79. The predicted molar refractivity (Wildman–Crippen MR) is 59.4 cm³/mol. The molecule has 1 saturated heterocycles. The number of hydrogen-bond acceptors (Lipinski definition) is 2. The Morgan fingerprint density at radius 2 is 2.21 bits per heavy atom. The van der Waals surface area contributed by atoms with Gasteiger partial charge in [-0.05, 0) is 24.1 Å². The lowest BCUT2D eigenvalue weighted by atomic mass is 10.1. The molecule has 14 heavy (non-hydrogen) atoms. The molecule has 2 N–H and O–H groups in total. The van der Waals surface area contributed by atoms with Gasteiger partial charge in [0.15, 0.2) is 0 Å². The Kier molecular flexibility index (Phi) is 2.77. The van der Waals surface area contributed by atoms with Crippen LogP contribution in [0.25, 0.3) is 0 Å². The fraction of sp³-hybridized carbons (Fsp3) is 0.455. The van der Waals surface area contributed by atoms with Crippen molar-refractivity contribution in [2.24, 2.45) is 5.73 Å². The summed E-state index contributed by atoms with van der Waals surface area (Å²) in [4.78, 5) is 2.34. The molecule has 0 atom stereocenters. The zero-order valence-electron chi connectivity index (χ0n) is 8.33.